The molecule has 7 nitrogen and oxygen atoms in total. The molecule has 4 rings (SSSR count). The Bertz CT molecular complexity index is 751. The molecule has 1 fully saturated rings. The number of nitrogens with one attached hydrogen (secondary N) is 2. The quantitative estimate of drug-likeness (QED) is 0.584. The van der Waals surface area contributed by atoms with Gasteiger partial charge < -0.3 is 15.4 Å². The third-order valence-electron chi connectivity index (χ3n) is 4.99. The number of halogens is 1. The van der Waals surface area contributed by atoms with Gasteiger partial charge in [0.05, 0.1) is 6.54 Å². The van der Waals surface area contributed by atoms with Gasteiger partial charge in [-0.15, -0.1) is 0 Å². The number of carbonyl (C=O) groups is 1. The van der Waals surface area contributed by atoms with Crippen LogP contribution < -0.4 is 10.6 Å². The standard InChI is InChI=1S/C18H22ClN5O2/c19-17-15-8-12(7-13(15)1-4-23-17)9-20-3-2-14-11-24(18(25)26-14)16-10-21-5-6-22-16/h1,4,6,10,12,14,20-21H,2-3,5,7-9,11H2. The number of aliphatic imine (C=N–C) groups is 1. The van der Waals surface area contributed by atoms with E-state index in [0.717, 1.165) is 32.4 Å². The van der Waals surface area contributed by atoms with Gasteiger partial charge in [-0.1, -0.05) is 11.6 Å². The minimum absolute atomic E-state index is 0.104. The highest BCUT2D eigenvalue weighted by Crippen LogP contribution is 2.30. The van der Waals surface area contributed by atoms with Crippen molar-refractivity contribution >= 4 is 23.9 Å². The Morgan fingerprint density at radius 3 is 3.15 bits per heavy atom. The van der Waals surface area contributed by atoms with Gasteiger partial charge in [-0.05, 0) is 55.5 Å². The smallest absolute Gasteiger partial charge is 0.415 e. The first-order valence-electron chi connectivity index (χ1n) is 8.98. The van der Waals surface area contributed by atoms with Gasteiger partial charge in [0.2, 0.25) is 0 Å². The summed E-state index contributed by atoms with van der Waals surface area (Å²) >= 11 is 6.17. The van der Waals surface area contributed by atoms with Crippen molar-refractivity contribution in [2.45, 2.75) is 25.4 Å². The highest BCUT2D eigenvalue weighted by molar-refractivity contribution is 6.30. The van der Waals surface area contributed by atoms with Gasteiger partial charge in [-0.3, -0.25) is 4.90 Å². The fourth-order valence-electron chi connectivity index (χ4n) is 3.68. The molecular weight excluding hydrogens is 354 g/mol. The Labute approximate surface area is 157 Å². The number of hydrogen-bond donors (Lipinski definition) is 2. The Kier molecular flexibility index (Phi) is 5.08. The zero-order chi connectivity index (χ0) is 17.9. The number of carbonyl (C=O) groups excluding carboxylic acids is 1. The number of nitrogens with zero attached hydrogens (tertiary/aromatic N) is 3. The molecule has 1 aliphatic carbocycles. The molecule has 0 aromatic carbocycles. The second-order valence-electron chi connectivity index (χ2n) is 6.85. The summed E-state index contributed by atoms with van der Waals surface area (Å²) in [6, 6.07) is 2.06. The predicted octanol–water partition coefficient (Wildman–Crippen LogP) is 1.72. The number of amides is 1. The molecule has 0 saturated carbocycles. The normalized spacial score (nSPS) is 24.3. The molecule has 1 saturated heterocycles. The van der Waals surface area contributed by atoms with Crippen LogP contribution in [0.15, 0.2) is 29.3 Å². The molecule has 0 spiro atoms. The van der Waals surface area contributed by atoms with Crippen LogP contribution in [0.3, 0.4) is 0 Å². The molecule has 1 aromatic heterocycles. The Balaban J connectivity index is 1.19. The molecule has 2 atom stereocenters. The largest absolute Gasteiger partial charge is 0.444 e. The average Bonchev–Trinajstić information content (AvgIpc) is 3.23. The molecule has 2 unspecified atom stereocenters. The molecule has 0 bridgehead atoms. The number of aromatic nitrogens is 1. The predicted molar refractivity (Wildman–Crippen MR) is 99.2 cm³/mol. The number of pyridine rings is 1. The SMILES string of the molecule is O=C1OC(CCNCC2Cc3ccnc(Cl)c3C2)CN1C1=CNCC=N1. The molecule has 8 heteroatoms. The van der Waals surface area contributed by atoms with E-state index >= 15 is 0 Å². The molecule has 3 heterocycles. The molecule has 0 radical (unpaired) electrons. The van der Waals surface area contributed by atoms with Crippen molar-refractivity contribution in [1.29, 1.82) is 0 Å². The van der Waals surface area contributed by atoms with E-state index in [1.165, 1.54) is 11.1 Å². The summed E-state index contributed by atoms with van der Waals surface area (Å²) < 4.78 is 5.44. The van der Waals surface area contributed by atoms with E-state index in [0.29, 0.717) is 30.0 Å². The van der Waals surface area contributed by atoms with E-state index in [1.54, 1.807) is 23.5 Å². The number of cyclic esters (lactones) is 1. The van der Waals surface area contributed by atoms with Crippen LogP contribution in [-0.2, 0) is 17.6 Å². The van der Waals surface area contributed by atoms with Crippen molar-refractivity contribution in [2.24, 2.45) is 10.9 Å². The van der Waals surface area contributed by atoms with Crippen LogP contribution in [0, 0.1) is 5.92 Å². The van der Waals surface area contributed by atoms with Crippen LogP contribution in [0.1, 0.15) is 17.5 Å². The Morgan fingerprint density at radius 1 is 1.42 bits per heavy atom. The van der Waals surface area contributed by atoms with E-state index in [4.69, 9.17) is 16.3 Å². The van der Waals surface area contributed by atoms with Crippen LogP contribution in [0.5, 0.6) is 0 Å². The molecule has 2 aliphatic heterocycles. The molecule has 138 valence electrons. The van der Waals surface area contributed by atoms with E-state index in [9.17, 15) is 4.79 Å². The first-order chi connectivity index (χ1) is 12.7. The lowest BCUT2D eigenvalue weighted by Gasteiger charge is -2.16. The number of ether oxygens (including phenoxy) is 1. The Hall–Kier alpha value is -2.12. The summed E-state index contributed by atoms with van der Waals surface area (Å²) in [6.45, 7) is 2.97. The van der Waals surface area contributed by atoms with Crippen LogP contribution in [0.4, 0.5) is 4.79 Å². The van der Waals surface area contributed by atoms with E-state index in [-0.39, 0.29) is 12.2 Å². The van der Waals surface area contributed by atoms with Crippen LogP contribution >= 0.6 is 11.6 Å². The molecule has 3 aliphatic rings. The van der Waals surface area contributed by atoms with E-state index < -0.39 is 0 Å². The maximum absolute atomic E-state index is 12.0. The van der Waals surface area contributed by atoms with Crippen LogP contribution in [0.25, 0.3) is 0 Å². The van der Waals surface area contributed by atoms with Crippen molar-refractivity contribution in [3.8, 4) is 0 Å². The van der Waals surface area contributed by atoms with E-state index in [1.807, 2.05) is 0 Å². The molecular formula is C18H22ClN5O2. The summed E-state index contributed by atoms with van der Waals surface area (Å²) in [7, 11) is 0. The highest BCUT2D eigenvalue weighted by Gasteiger charge is 2.33. The lowest BCUT2D eigenvalue weighted by molar-refractivity contribution is 0.130. The second-order valence-corrected chi connectivity index (χ2v) is 7.20. The van der Waals surface area contributed by atoms with Gasteiger partial charge in [0.1, 0.15) is 11.3 Å². The zero-order valence-electron chi connectivity index (χ0n) is 14.4. The fraction of sp³-hybridized carbons (Fsp3) is 0.500. The van der Waals surface area contributed by atoms with Gasteiger partial charge in [0.25, 0.3) is 0 Å². The molecule has 1 aromatic rings. The summed E-state index contributed by atoms with van der Waals surface area (Å²) in [4.78, 5) is 22.0. The van der Waals surface area contributed by atoms with Gasteiger partial charge >= 0.3 is 6.09 Å². The number of fused-ring (bicyclic) bond motifs is 1. The second kappa shape index (κ2) is 7.63. The molecule has 1 amide bonds. The van der Waals surface area contributed by atoms with Crippen LogP contribution in [-0.4, -0.2) is 54.5 Å². The van der Waals surface area contributed by atoms with Crippen molar-refractivity contribution in [1.82, 2.24) is 20.5 Å². The number of rotatable bonds is 6. The van der Waals surface area contributed by atoms with Crippen LogP contribution in [0.2, 0.25) is 5.15 Å². The zero-order valence-corrected chi connectivity index (χ0v) is 15.2. The summed E-state index contributed by atoms with van der Waals surface area (Å²) in [6.07, 6.45) is 7.64. The average molecular weight is 376 g/mol. The Morgan fingerprint density at radius 2 is 2.35 bits per heavy atom. The summed E-state index contributed by atoms with van der Waals surface area (Å²) in [5, 5.41) is 7.18. The topological polar surface area (TPSA) is 78.8 Å². The maximum atomic E-state index is 12.0. The molecule has 2 N–H and O–H groups in total. The minimum Gasteiger partial charge on any atom is -0.444 e. The van der Waals surface area contributed by atoms with Gasteiger partial charge in [0, 0.05) is 25.2 Å². The van der Waals surface area contributed by atoms with Crippen molar-refractivity contribution in [3.63, 3.8) is 0 Å². The first-order valence-corrected chi connectivity index (χ1v) is 9.35. The van der Waals surface area contributed by atoms with Gasteiger partial charge in [-0.25, -0.2) is 14.8 Å². The minimum atomic E-state index is -0.324. The van der Waals surface area contributed by atoms with Crippen molar-refractivity contribution < 1.29 is 9.53 Å². The lowest BCUT2D eigenvalue weighted by atomic mass is 10.1. The third-order valence-corrected chi connectivity index (χ3v) is 5.32. The lowest BCUT2D eigenvalue weighted by Crippen LogP contribution is -2.29. The molecule has 26 heavy (non-hydrogen) atoms. The highest BCUT2D eigenvalue weighted by atomic mass is 35.5. The summed E-state index contributed by atoms with van der Waals surface area (Å²) in [5.74, 6) is 1.16. The summed E-state index contributed by atoms with van der Waals surface area (Å²) in [5.41, 5.74) is 2.50. The van der Waals surface area contributed by atoms with Crippen molar-refractivity contribution in [3.05, 3.63) is 40.6 Å². The monoisotopic (exact) mass is 375 g/mol. The number of hydrogen-bond acceptors (Lipinski definition) is 6. The third kappa shape index (κ3) is 3.68. The van der Waals surface area contributed by atoms with E-state index in [2.05, 4.69) is 26.7 Å². The fourth-order valence-corrected chi connectivity index (χ4v) is 3.94. The maximum Gasteiger partial charge on any atom is 0.415 e. The van der Waals surface area contributed by atoms with Gasteiger partial charge in [0.15, 0.2) is 5.82 Å². The first kappa shape index (κ1) is 17.3. The van der Waals surface area contributed by atoms with Crippen molar-refractivity contribution in [2.75, 3.05) is 26.2 Å². The van der Waals surface area contributed by atoms with Gasteiger partial charge in [-0.2, -0.15) is 0 Å².